The van der Waals surface area contributed by atoms with Gasteiger partial charge in [-0.25, -0.2) is 4.57 Å². The Bertz CT molecular complexity index is 2190. The summed E-state index contributed by atoms with van der Waals surface area (Å²) in [6.07, 6.45) is 1.29. The number of pyridine rings is 1. The molecule has 2 heterocycles. The van der Waals surface area contributed by atoms with Crippen LogP contribution >= 0.6 is 24.3 Å². The molecule has 2 radical (unpaired) electrons. The van der Waals surface area contributed by atoms with Crippen LogP contribution in [0.5, 0.6) is 11.5 Å². The molecule has 25 heteroatoms. The van der Waals surface area contributed by atoms with Crippen molar-refractivity contribution in [1.82, 2.24) is 5.32 Å². The first-order chi connectivity index (χ1) is 30.4. The second-order valence-corrected chi connectivity index (χ2v) is 17.5. The fourth-order valence-electron chi connectivity index (χ4n) is 5.57. The number of ketones is 1. The van der Waals surface area contributed by atoms with Crippen molar-refractivity contribution in [2.45, 2.75) is 43.4 Å². The summed E-state index contributed by atoms with van der Waals surface area (Å²) in [5.41, 5.74) is 0.367. The number of benzene rings is 2. The van der Waals surface area contributed by atoms with Gasteiger partial charge in [0.1, 0.15) is 17.6 Å². The van der Waals surface area contributed by atoms with E-state index < -0.39 is 49.7 Å². The molecular formula is C38H52BFN2O18P3+. The number of aromatic nitrogens is 1. The maximum absolute atomic E-state index is 12.5. The molecule has 1 amide bonds. The molecule has 346 valence electrons. The van der Waals surface area contributed by atoms with Crippen molar-refractivity contribution in [1.29, 1.82) is 1.45 Å². The lowest BCUT2D eigenvalue weighted by molar-refractivity contribution is -0.703. The molecule has 2 atom stereocenters. The molecule has 2 unspecified atom stereocenters. The number of phenolic OH excluding ortho intramolecular Hbond substituents is 2. The van der Waals surface area contributed by atoms with Crippen LogP contribution in [0.25, 0.3) is 22.3 Å². The third-order valence-corrected chi connectivity index (χ3v) is 12.7. The fourth-order valence-corrected chi connectivity index (χ4v) is 7.71. The zero-order chi connectivity index (χ0) is 47.9. The molecule has 63 heavy (non-hydrogen) atoms. The van der Waals surface area contributed by atoms with E-state index in [1.165, 1.54) is 47.3 Å². The molecule has 0 aliphatic rings. The average Bonchev–Trinajstić information content (AvgIpc) is 3.26. The summed E-state index contributed by atoms with van der Waals surface area (Å²) in [4.78, 5) is 74.4. The van der Waals surface area contributed by atoms with Gasteiger partial charge in [0.15, 0.2) is 35.7 Å². The Labute approximate surface area is 365 Å². The predicted octanol–water partition coefficient (Wildman–Crippen LogP) is 1.40. The number of nitrogens with one attached hydrogen (secondary N) is 1. The van der Waals surface area contributed by atoms with E-state index >= 15 is 0 Å². The number of fused-ring (bicyclic) bond motifs is 1. The number of nitrogens with zero attached hydrogens (tertiary/aromatic N) is 1. The number of Topliss-reactive ketones (excluding diaryl/α,β-unsaturated/α-hetero) is 1. The Morgan fingerprint density at radius 3 is 1.94 bits per heavy atom. The highest BCUT2D eigenvalue weighted by Gasteiger charge is 2.59. The molecule has 4 aromatic rings. The summed E-state index contributed by atoms with van der Waals surface area (Å²) in [5, 5.41) is 39.5. The Morgan fingerprint density at radius 2 is 1.38 bits per heavy atom. The number of aliphatic hydroxyl groups is 2. The molecule has 0 saturated heterocycles. The topological polar surface area (TPSA) is 313 Å². The van der Waals surface area contributed by atoms with E-state index in [-0.39, 0.29) is 86.2 Å². The molecule has 2 aromatic carbocycles. The molecule has 0 saturated carbocycles. The highest BCUT2D eigenvalue weighted by Crippen LogP contribution is 2.68. The SMILES string of the molecule is O=C(CCOCCOCCOCCOCCNC(=O)c1ccc(-c2cc(=O)c3ccc(O)c(O)c3o2)cc1)CCC(O)C[n+]1ccc(CC(O)(P(=O)(O)O)P(=O)(O)O)cc1.[2H]F.[B]P. The van der Waals surface area contributed by atoms with Crippen molar-refractivity contribution >= 4 is 54.5 Å². The minimum atomic E-state index is -5.60. The lowest BCUT2D eigenvalue weighted by atomic mass is 10.1. The van der Waals surface area contributed by atoms with Crippen LogP contribution in [-0.4, -0.2) is 131 Å². The fraction of sp³-hybridized carbons (Fsp3) is 0.421. The number of hydrogen-bond donors (Lipinski definition) is 9. The van der Waals surface area contributed by atoms with Crippen LogP contribution in [0.3, 0.4) is 0 Å². The maximum atomic E-state index is 12.5. The second-order valence-electron chi connectivity index (χ2n) is 13.5. The summed E-state index contributed by atoms with van der Waals surface area (Å²) in [6, 6.07) is 12.7. The normalized spacial score (nSPS) is 12.3. The third-order valence-electron chi connectivity index (χ3n) is 8.97. The van der Waals surface area contributed by atoms with E-state index in [1.54, 1.807) is 24.3 Å². The van der Waals surface area contributed by atoms with Gasteiger partial charge in [-0.1, -0.05) is 12.1 Å². The molecule has 0 fully saturated rings. The van der Waals surface area contributed by atoms with Crippen molar-refractivity contribution in [2.24, 2.45) is 0 Å². The minimum absolute atomic E-state index is 0.0409. The number of hydrogen-bond acceptors (Lipinski definition) is 14. The van der Waals surface area contributed by atoms with Crippen LogP contribution in [0.4, 0.5) is 4.72 Å². The van der Waals surface area contributed by atoms with Crippen molar-refractivity contribution in [3.05, 3.63) is 88.3 Å². The largest absolute Gasteiger partial charge is 0.504 e. The van der Waals surface area contributed by atoms with E-state index in [0.29, 0.717) is 44.2 Å². The highest BCUT2D eigenvalue weighted by molar-refractivity contribution is 7.72. The summed E-state index contributed by atoms with van der Waals surface area (Å²) < 4.78 is 65.1. The number of amides is 1. The van der Waals surface area contributed by atoms with Gasteiger partial charge >= 0.3 is 15.2 Å². The Morgan fingerprint density at radius 1 is 0.841 bits per heavy atom. The van der Waals surface area contributed by atoms with Gasteiger partial charge in [-0.15, -0.1) is 0 Å². The first kappa shape index (κ1) is 53.4. The summed E-state index contributed by atoms with van der Waals surface area (Å²) in [7, 11) is -4.86. The Balaban J connectivity index is 0.00000342. The van der Waals surface area contributed by atoms with Gasteiger partial charge < -0.3 is 68.7 Å². The molecule has 0 spiro atoms. The van der Waals surface area contributed by atoms with Crippen LogP contribution in [0.2, 0.25) is 0 Å². The predicted molar refractivity (Wildman–Crippen MR) is 229 cm³/mol. The first-order valence-corrected chi connectivity index (χ1v) is 22.8. The van der Waals surface area contributed by atoms with Crippen molar-refractivity contribution < 1.29 is 91.4 Å². The smallest absolute Gasteiger partial charge is 0.369 e. The van der Waals surface area contributed by atoms with Crippen LogP contribution in [0.15, 0.2) is 76.2 Å². The van der Waals surface area contributed by atoms with Gasteiger partial charge in [-0.3, -0.25) is 28.2 Å². The van der Waals surface area contributed by atoms with Crippen molar-refractivity contribution in [3.63, 3.8) is 0 Å². The number of rotatable bonds is 26. The number of carbonyl (C=O) groups is 2. The van der Waals surface area contributed by atoms with Crippen molar-refractivity contribution in [3.8, 4) is 22.8 Å². The Kier molecular flexibility index (Phi) is 22.6. The molecular weight excluding hydrogens is 895 g/mol. The van der Waals surface area contributed by atoms with Gasteiger partial charge in [0.25, 0.3) is 12.4 Å². The van der Waals surface area contributed by atoms with Crippen LogP contribution in [0, 0.1) is 0 Å². The molecule has 9 N–H and O–H groups in total. The number of aliphatic hydroxyl groups excluding tert-OH is 1. The Hall–Kier alpha value is -3.98. The van der Waals surface area contributed by atoms with Crippen LogP contribution < -0.4 is 15.3 Å². The van der Waals surface area contributed by atoms with E-state index in [9.17, 15) is 63.5 Å². The summed E-state index contributed by atoms with van der Waals surface area (Å²) in [6.45, 7) is 2.57. The third kappa shape index (κ3) is 17.2. The summed E-state index contributed by atoms with van der Waals surface area (Å²) in [5.74, 6) is -1.24. The molecule has 4 rings (SSSR count). The standard InChI is InChI=1S/C38H48N2O18P2.BH2P.FH/c41-29(5-6-30(42)25-40-13-9-26(10-14-40)24-38(47,59(48,49)50)60(51,52)53)11-15-54-17-19-56-21-22-57-20-18-55-16-12-39-37(46)28-3-1-27(2-4-28)34-23-33(44)31-7-8-32(43)35(45)36(31)58-34;1-2;/h1-4,7-10,13-14,23,30,42,47H,5-6,11-12,15-22,24-25H2,(H6-,39,43,44,45,46,48,49,50,51,52,53);2H2;1H/p+1/i/hD. The van der Waals surface area contributed by atoms with E-state index in [0.717, 1.165) is 0 Å². The van der Waals surface area contributed by atoms with Crippen LogP contribution in [-0.2, 0) is 45.8 Å². The van der Waals surface area contributed by atoms with Gasteiger partial charge in [0.05, 0.1) is 65.8 Å². The number of phenols is 2. The molecule has 0 bridgehead atoms. The monoisotopic (exact) mass is 948 g/mol. The summed E-state index contributed by atoms with van der Waals surface area (Å²) >= 11 is 0. The zero-order valence-corrected chi connectivity index (χ0v) is 36.8. The van der Waals surface area contributed by atoms with Gasteiger partial charge in [-0.05, 0) is 36.2 Å². The number of halogens is 1. The average molecular weight is 949 g/mol. The zero-order valence-electron chi connectivity index (χ0n) is 34.9. The van der Waals surface area contributed by atoms with Crippen molar-refractivity contribution in [2.75, 3.05) is 59.4 Å². The molecule has 2 aromatic heterocycles. The minimum Gasteiger partial charge on any atom is -0.504 e. The quantitative estimate of drug-likeness (QED) is 0.0141. The van der Waals surface area contributed by atoms with E-state index in [2.05, 4.69) is 14.3 Å². The highest BCUT2D eigenvalue weighted by atomic mass is 31.2. The molecule has 0 aliphatic heterocycles. The number of ether oxygens (including phenoxy) is 4. The lowest BCUT2D eigenvalue weighted by Crippen LogP contribution is -2.39. The van der Waals surface area contributed by atoms with Gasteiger partial charge in [0.2, 0.25) is 5.75 Å². The molecule has 20 nitrogen and oxygen atoms in total. The number of aromatic hydroxyl groups is 2. The number of carbonyl (C=O) groups excluding carboxylic acids is 2. The second kappa shape index (κ2) is 26.7. The van der Waals surface area contributed by atoms with Gasteiger partial charge in [-0.2, -0.15) is 9.12 Å². The van der Waals surface area contributed by atoms with Gasteiger partial charge in [0, 0.05) is 55.1 Å². The van der Waals surface area contributed by atoms with E-state index in [1.807, 2.05) is 9.12 Å². The maximum Gasteiger partial charge on any atom is 0.369 e. The first-order valence-electron chi connectivity index (χ1n) is 19.3. The molecule has 0 aliphatic carbocycles. The van der Waals surface area contributed by atoms with Crippen LogP contribution in [0.1, 0.15) is 35.2 Å². The lowest BCUT2D eigenvalue weighted by Gasteiger charge is -2.29. The van der Waals surface area contributed by atoms with E-state index in [4.69, 9.17) is 28.1 Å².